The van der Waals surface area contributed by atoms with Crippen LogP contribution in [0.2, 0.25) is 0 Å². The zero-order valence-corrected chi connectivity index (χ0v) is 13.0. The molecule has 5 nitrogen and oxygen atoms in total. The second-order valence-corrected chi connectivity index (χ2v) is 5.81. The third-order valence-corrected chi connectivity index (χ3v) is 4.28. The average molecular weight is 310 g/mol. The van der Waals surface area contributed by atoms with Gasteiger partial charge in [0.2, 0.25) is 5.13 Å². The topological polar surface area (TPSA) is 59.0 Å². The molecular formula is C16H14N4OS. The summed E-state index contributed by atoms with van der Waals surface area (Å²) in [5.74, 6) is -0.131. The first kappa shape index (κ1) is 14.3. The van der Waals surface area contributed by atoms with Crippen molar-refractivity contribution in [3.8, 4) is 10.6 Å². The Kier molecular flexibility index (Phi) is 3.93. The lowest BCUT2D eigenvalue weighted by Crippen LogP contribution is -2.26. The first-order chi connectivity index (χ1) is 10.6. The van der Waals surface area contributed by atoms with Gasteiger partial charge >= 0.3 is 0 Å². The van der Waals surface area contributed by atoms with Crippen molar-refractivity contribution in [2.24, 2.45) is 0 Å². The van der Waals surface area contributed by atoms with Crippen molar-refractivity contribution in [3.05, 3.63) is 59.9 Å². The highest BCUT2D eigenvalue weighted by Crippen LogP contribution is 2.28. The SMILES string of the molecule is Cc1ccc(-c2nnc(N(C)C(=O)c3ccncc3)s2)cc1. The highest BCUT2D eigenvalue weighted by Gasteiger charge is 2.17. The second-order valence-electron chi connectivity index (χ2n) is 4.86. The number of anilines is 1. The van der Waals surface area contributed by atoms with Gasteiger partial charge in [-0.15, -0.1) is 10.2 Å². The summed E-state index contributed by atoms with van der Waals surface area (Å²) in [6.45, 7) is 2.04. The van der Waals surface area contributed by atoms with Gasteiger partial charge in [-0.25, -0.2) is 0 Å². The van der Waals surface area contributed by atoms with Crippen molar-refractivity contribution in [3.63, 3.8) is 0 Å². The maximum absolute atomic E-state index is 12.4. The minimum atomic E-state index is -0.131. The molecule has 22 heavy (non-hydrogen) atoms. The van der Waals surface area contributed by atoms with Crippen LogP contribution in [0.4, 0.5) is 5.13 Å². The number of aryl methyl sites for hydroxylation is 1. The quantitative estimate of drug-likeness (QED) is 0.745. The van der Waals surface area contributed by atoms with Gasteiger partial charge in [-0.05, 0) is 19.1 Å². The zero-order valence-electron chi connectivity index (χ0n) is 12.2. The second kappa shape index (κ2) is 6.03. The fourth-order valence-electron chi connectivity index (χ4n) is 1.94. The molecule has 0 aliphatic carbocycles. The number of pyridine rings is 1. The Balaban J connectivity index is 1.84. The average Bonchev–Trinajstić information content (AvgIpc) is 3.05. The Hall–Kier alpha value is -2.60. The van der Waals surface area contributed by atoms with Gasteiger partial charge in [0, 0.05) is 30.6 Å². The number of benzene rings is 1. The molecule has 0 fully saturated rings. The van der Waals surface area contributed by atoms with E-state index in [-0.39, 0.29) is 5.91 Å². The molecule has 0 N–H and O–H groups in total. The largest absolute Gasteiger partial charge is 0.286 e. The lowest BCUT2D eigenvalue weighted by Gasteiger charge is -2.12. The van der Waals surface area contributed by atoms with E-state index < -0.39 is 0 Å². The first-order valence-corrected chi connectivity index (χ1v) is 7.55. The predicted molar refractivity (Wildman–Crippen MR) is 87.1 cm³/mol. The minimum absolute atomic E-state index is 0.131. The van der Waals surface area contributed by atoms with Gasteiger partial charge < -0.3 is 0 Å². The van der Waals surface area contributed by atoms with Crippen molar-refractivity contribution in [2.75, 3.05) is 11.9 Å². The van der Waals surface area contributed by atoms with Gasteiger partial charge in [-0.3, -0.25) is 14.7 Å². The van der Waals surface area contributed by atoms with Crippen molar-refractivity contribution < 1.29 is 4.79 Å². The molecule has 3 rings (SSSR count). The van der Waals surface area contributed by atoms with Crippen molar-refractivity contribution >= 4 is 22.4 Å². The van der Waals surface area contributed by atoms with E-state index in [1.807, 2.05) is 31.2 Å². The van der Waals surface area contributed by atoms with E-state index in [4.69, 9.17) is 0 Å². The summed E-state index contributed by atoms with van der Waals surface area (Å²) in [5, 5.41) is 9.66. The van der Waals surface area contributed by atoms with E-state index in [2.05, 4.69) is 15.2 Å². The van der Waals surface area contributed by atoms with Gasteiger partial charge in [0.05, 0.1) is 0 Å². The molecule has 0 aliphatic rings. The van der Waals surface area contributed by atoms with Crippen LogP contribution in [0.25, 0.3) is 10.6 Å². The Morgan fingerprint density at radius 2 is 1.73 bits per heavy atom. The zero-order chi connectivity index (χ0) is 15.5. The van der Waals surface area contributed by atoms with Crippen LogP contribution in [0.3, 0.4) is 0 Å². The number of hydrogen-bond acceptors (Lipinski definition) is 5. The minimum Gasteiger partial charge on any atom is -0.286 e. The van der Waals surface area contributed by atoms with Crippen LogP contribution in [0.5, 0.6) is 0 Å². The number of carbonyl (C=O) groups excluding carboxylic acids is 1. The molecule has 3 aromatic rings. The molecule has 0 bridgehead atoms. The van der Waals surface area contributed by atoms with Gasteiger partial charge in [0.25, 0.3) is 5.91 Å². The van der Waals surface area contributed by atoms with Crippen molar-refractivity contribution in [2.45, 2.75) is 6.92 Å². The maximum Gasteiger partial charge on any atom is 0.259 e. The summed E-state index contributed by atoms with van der Waals surface area (Å²) in [4.78, 5) is 17.8. The molecule has 0 aliphatic heterocycles. The summed E-state index contributed by atoms with van der Waals surface area (Å²) in [7, 11) is 1.70. The molecular weight excluding hydrogens is 296 g/mol. The standard InChI is InChI=1S/C16H14N4OS/c1-11-3-5-12(6-4-11)14-18-19-16(22-14)20(2)15(21)13-7-9-17-10-8-13/h3-10H,1-2H3. The van der Waals surface area contributed by atoms with Crippen LogP contribution in [-0.4, -0.2) is 28.1 Å². The highest BCUT2D eigenvalue weighted by atomic mass is 32.1. The Bertz CT molecular complexity index is 783. The molecule has 0 radical (unpaired) electrons. The fraction of sp³-hybridized carbons (Fsp3) is 0.125. The molecule has 1 amide bonds. The number of amides is 1. The number of hydrogen-bond donors (Lipinski definition) is 0. The highest BCUT2D eigenvalue weighted by molar-refractivity contribution is 7.18. The molecule has 110 valence electrons. The summed E-state index contributed by atoms with van der Waals surface area (Å²) >= 11 is 1.39. The van der Waals surface area contributed by atoms with E-state index >= 15 is 0 Å². The van der Waals surface area contributed by atoms with E-state index in [1.165, 1.54) is 21.8 Å². The molecule has 1 aromatic carbocycles. The van der Waals surface area contributed by atoms with E-state index in [1.54, 1.807) is 31.6 Å². The molecule has 2 heterocycles. The number of nitrogens with zero attached hydrogens (tertiary/aromatic N) is 4. The number of carbonyl (C=O) groups is 1. The molecule has 0 unspecified atom stereocenters. The smallest absolute Gasteiger partial charge is 0.259 e. The Labute approximate surface area is 132 Å². The molecule has 0 saturated heterocycles. The lowest BCUT2D eigenvalue weighted by molar-refractivity contribution is 0.0992. The molecule has 6 heteroatoms. The Morgan fingerprint density at radius 1 is 1.05 bits per heavy atom. The van der Waals surface area contributed by atoms with Gasteiger partial charge in [-0.2, -0.15) is 0 Å². The predicted octanol–water partition coefficient (Wildman–Crippen LogP) is 3.19. The van der Waals surface area contributed by atoms with E-state index in [0.29, 0.717) is 10.7 Å². The summed E-state index contributed by atoms with van der Waals surface area (Å²) in [5.41, 5.74) is 2.77. The van der Waals surface area contributed by atoms with Gasteiger partial charge in [0.1, 0.15) is 5.01 Å². The summed E-state index contributed by atoms with van der Waals surface area (Å²) in [6.07, 6.45) is 3.19. The van der Waals surface area contributed by atoms with Gasteiger partial charge in [0.15, 0.2) is 0 Å². The van der Waals surface area contributed by atoms with Crippen LogP contribution < -0.4 is 4.90 Å². The Morgan fingerprint density at radius 3 is 2.41 bits per heavy atom. The normalized spacial score (nSPS) is 10.5. The van der Waals surface area contributed by atoms with Crippen LogP contribution in [0, 0.1) is 6.92 Å². The third kappa shape index (κ3) is 2.87. The molecule has 0 saturated carbocycles. The number of aromatic nitrogens is 3. The van der Waals surface area contributed by atoms with Gasteiger partial charge in [-0.1, -0.05) is 41.2 Å². The first-order valence-electron chi connectivity index (χ1n) is 6.74. The van der Waals surface area contributed by atoms with E-state index in [0.717, 1.165) is 10.6 Å². The van der Waals surface area contributed by atoms with Crippen molar-refractivity contribution in [1.29, 1.82) is 0 Å². The van der Waals surface area contributed by atoms with Crippen LogP contribution in [0.1, 0.15) is 15.9 Å². The fourth-order valence-corrected chi connectivity index (χ4v) is 2.75. The maximum atomic E-state index is 12.4. The van der Waals surface area contributed by atoms with Crippen LogP contribution >= 0.6 is 11.3 Å². The molecule has 0 spiro atoms. The lowest BCUT2D eigenvalue weighted by atomic mass is 10.2. The molecule has 2 aromatic heterocycles. The van der Waals surface area contributed by atoms with Crippen LogP contribution in [-0.2, 0) is 0 Å². The summed E-state index contributed by atoms with van der Waals surface area (Å²) < 4.78 is 0. The monoisotopic (exact) mass is 310 g/mol. The molecule has 0 atom stereocenters. The third-order valence-electron chi connectivity index (χ3n) is 3.23. The van der Waals surface area contributed by atoms with E-state index in [9.17, 15) is 4.79 Å². The number of rotatable bonds is 3. The van der Waals surface area contributed by atoms with Crippen molar-refractivity contribution in [1.82, 2.24) is 15.2 Å². The van der Waals surface area contributed by atoms with Crippen LogP contribution in [0.15, 0.2) is 48.8 Å². The summed E-state index contributed by atoms with van der Waals surface area (Å²) in [6, 6.07) is 11.4.